The monoisotopic (exact) mass is 325 g/mol. The number of benzene rings is 2. The second-order valence-electron chi connectivity index (χ2n) is 6.36. The number of anilines is 1. The van der Waals surface area contributed by atoms with Gasteiger partial charge in [-0.25, -0.2) is 0 Å². The summed E-state index contributed by atoms with van der Waals surface area (Å²) in [7, 11) is 0. The fourth-order valence-electron chi connectivity index (χ4n) is 2.14. The zero-order valence-corrected chi connectivity index (χ0v) is 14.2. The molecule has 5 nitrogen and oxygen atoms in total. The normalized spacial score (nSPS) is 12.3. The smallest absolute Gasteiger partial charge is 0.255 e. The first-order valence-corrected chi connectivity index (χ1v) is 7.83. The molecule has 2 rings (SSSR count). The Balaban J connectivity index is 2.08. The van der Waals surface area contributed by atoms with Crippen molar-refractivity contribution in [2.45, 2.75) is 32.4 Å². The quantitative estimate of drug-likeness (QED) is 0.790. The van der Waals surface area contributed by atoms with Gasteiger partial charge in [-0.15, -0.1) is 0 Å². The Morgan fingerprint density at radius 3 is 2.33 bits per heavy atom. The van der Waals surface area contributed by atoms with Gasteiger partial charge >= 0.3 is 0 Å². The van der Waals surface area contributed by atoms with Gasteiger partial charge in [0.05, 0.1) is 11.6 Å². The van der Waals surface area contributed by atoms with Crippen LogP contribution >= 0.6 is 0 Å². The summed E-state index contributed by atoms with van der Waals surface area (Å²) in [5, 5.41) is 5.73. The molecule has 0 aliphatic carbocycles. The van der Waals surface area contributed by atoms with Crippen molar-refractivity contribution in [2.75, 3.05) is 5.32 Å². The minimum Gasteiger partial charge on any atom is -0.348 e. The minimum absolute atomic E-state index is 0.174. The van der Waals surface area contributed by atoms with Crippen LogP contribution in [0.3, 0.4) is 0 Å². The Hall–Kier alpha value is -2.66. The molecule has 0 heterocycles. The van der Waals surface area contributed by atoms with Crippen LogP contribution < -0.4 is 16.4 Å². The van der Waals surface area contributed by atoms with Gasteiger partial charge in [-0.3, -0.25) is 9.59 Å². The number of hydrogen-bond acceptors (Lipinski definition) is 3. The molecule has 2 aromatic rings. The number of carbonyl (C=O) groups excluding carboxylic acids is 2. The van der Waals surface area contributed by atoms with Crippen molar-refractivity contribution in [3.63, 3.8) is 0 Å². The van der Waals surface area contributed by atoms with Gasteiger partial charge in [-0.05, 0) is 50.6 Å². The molecular weight excluding hydrogens is 302 g/mol. The largest absolute Gasteiger partial charge is 0.348 e. The van der Waals surface area contributed by atoms with Crippen LogP contribution in [0.15, 0.2) is 54.6 Å². The second-order valence-corrected chi connectivity index (χ2v) is 6.36. The van der Waals surface area contributed by atoms with Gasteiger partial charge in [0.2, 0.25) is 5.91 Å². The van der Waals surface area contributed by atoms with E-state index in [1.807, 2.05) is 49.4 Å². The van der Waals surface area contributed by atoms with Crippen molar-refractivity contribution in [2.24, 2.45) is 5.73 Å². The van der Waals surface area contributed by atoms with E-state index in [0.29, 0.717) is 11.3 Å². The van der Waals surface area contributed by atoms with E-state index in [4.69, 9.17) is 5.73 Å². The molecule has 0 aliphatic heterocycles. The van der Waals surface area contributed by atoms with Crippen molar-refractivity contribution in [1.29, 1.82) is 0 Å². The van der Waals surface area contributed by atoms with Crippen molar-refractivity contribution < 1.29 is 9.59 Å². The van der Waals surface area contributed by atoms with Crippen LogP contribution in [0.1, 0.15) is 42.7 Å². The average molecular weight is 325 g/mol. The molecular formula is C19H23N3O2. The Morgan fingerprint density at radius 1 is 1.04 bits per heavy atom. The number of nitrogens with two attached hydrogens (primary N) is 1. The summed E-state index contributed by atoms with van der Waals surface area (Å²) in [6, 6.07) is 16.2. The first-order valence-electron chi connectivity index (χ1n) is 7.83. The highest BCUT2D eigenvalue weighted by Crippen LogP contribution is 2.18. The van der Waals surface area contributed by atoms with Crippen molar-refractivity contribution in [1.82, 2.24) is 5.32 Å². The molecule has 0 spiro atoms. The van der Waals surface area contributed by atoms with Crippen molar-refractivity contribution in [3.05, 3.63) is 65.7 Å². The third-order valence-electron chi connectivity index (χ3n) is 3.61. The predicted octanol–water partition coefficient (Wildman–Crippen LogP) is 2.85. The zero-order valence-electron chi connectivity index (χ0n) is 14.2. The highest BCUT2D eigenvalue weighted by atomic mass is 16.2. The Morgan fingerprint density at radius 2 is 1.71 bits per heavy atom. The van der Waals surface area contributed by atoms with Gasteiger partial charge in [0.25, 0.3) is 5.91 Å². The fourth-order valence-corrected chi connectivity index (χ4v) is 2.14. The molecule has 2 amide bonds. The minimum atomic E-state index is -0.937. The third kappa shape index (κ3) is 4.67. The Labute approximate surface area is 142 Å². The van der Waals surface area contributed by atoms with Gasteiger partial charge in [-0.1, -0.05) is 30.3 Å². The van der Waals surface area contributed by atoms with Crippen LogP contribution in [-0.2, 0) is 4.79 Å². The molecule has 5 heteroatoms. The van der Waals surface area contributed by atoms with Gasteiger partial charge in [0.15, 0.2) is 0 Å². The van der Waals surface area contributed by atoms with E-state index >= 15 is 0 Å². The van der Waals surface area contributed by atoms with E-state index in [0.717, 1.165) is 5.56 Å². The number of amides is 2. The van der Waals surface area contributed by atoms with E-state index in [2.05, 4.69) is 10.6 Å². The topological polar surface area (TPSA) is 84.2 Å². The summed E-state index contributed by atoms with van der Waals surface area (Å²) in [4.78, 5) is 24.2. The molecule has 0 fully saturated rings. The van der Waals surface area contributed by atoms with Gasteiger partial charge in [0, 0.05) is 11.3 Å². The zero-order chi connectivity index (χ0) is 17.7. The van der Waals surface area contributed by atoms with E-state index in [1.165, 1.54) is 0 Å². The van der Waals surface area contributed by atoms with Crippen molar-refractivity contribution in [3.8, 4) is 0 Å². The number of carbonyl (C=O) groups is 2. The maximum atomic E-state index is 12.2. The maximum absolute atomic E-state index is 12.2. The number of rotatable bonds is 5. The molecule has 126 valence electrons. The van der Waals surface area contributed by atoms with Gasteiger partial charge in [-0.2, -0.15) is 0 Å². The lowest BCUT2D eigenvalue weighted by molar-refractivity contribution is -0.125. The Kier molecular flexibility index (Phi) is 5.36. The average Bonchev–Trinajstić information content (AvgIpc) is 2.55. The lowest BCUT2D eigenvalue weighted by atomic mass is 10.0. The second kappa shape index (κ2) is 7.27. The molecule has 1 unspecified atom stereocenters. The van der Waals surface area contributed by atoms with Gasteiger partial charge < -0.3 is 16.4 Å². The molecule has 0 aliphatic rings. The molecule has 2 aromatic carbocycles. The van der Waals surface area contributed by atoms with Crippen LogP contribution in [0.5, 0.6) is 0 Å². The first kappa shape index (κ1) is 17.7. The summed E-state index contributed by atoms with van der Waals surface area (Å²) in [5.41, 5.74) is 7.01. The fraction of sp³-hybridized carbons (Fsp3) is 0.263. The molecule has 0 bridgehead atoms. The number of nitrogens with one attached hydrogen (secondary N) is 2. The van der Waals surface area contributed by atoms with E-state index in [9.17, 15) is 9.59 Å². The lowest BCUT2D eigenvalue weighted by Gasteiger charge is -2.22. The molecule has 0 saturated carbocycles. The van der Waals surface area contributed by atoms with Crippen LogP contribution in [0, 0.1) is 0 Å². The van der Waals surface area contributed by atoms with Crippen LogP contribution in [-0.4, -0.2) is 17.4 Å². The van der Waals surface area contributed by atoms with E-state index in [1.54, 1.807) is 26.0 Å². The standard InChI is InChI=1S/C19H23N3O2/c1-13(21-18(24)19(2,3)20)15-10-7-11-16(12-15)22-17(23)14-8-5-4-6-9-14/h4-13H,20H2,1-3H3,(H,21,24)(H,22,23). The van der Waals surface area contributed by atoms with E-state index in [-0.39, 0.29) is 17.9 Å². The molecule has 24 heavy (non-hydrogen) atoms. The molecule has 0 radical (unpaired) electrons. The SMILES string of the molecule is CC(NC(=O)C(C)(C)N)c1cccc(NC(=O)c2ccccc2)c1. The first-order chi connectivity index (χ1) is 11.3. The van der Waals surface area contributed by atoms with Crippen molar-refractivity contribution >= 4 is 17.5 Å². The van der Waals surface area contributed by atoms with Crippen LogP contribution in [0.25, 0.3) is 0 Å². The maximum Gasteiger partial charge on any atom is 0.255 e. The molecule has 4 N–H and O–H groups in total. The summed E-state index contributed by atoms with van der Waals surface area (Å²) in [5.74, 6) is -0.402. The third-order valence-corrected chi connectivity index (χ3v) is 3.61. The Bertz CT molecular complexity index is 721. The molecule has 0 aromatic heterocycles. The lowest BCUT2D eigenvalue weighted by Crippen LogP contribution is -2.49. The molecule has 0 saturated heterocycles. The summed E-state index contributed by atoms with van der Waals surface area (Å²) in [6.45, 7) is 5.19. The number of hydrogen-bond donors (Lipinski definition) is 3. The summed E-state index contributed by atoms with van der Waals surface area (Å²) < 4.78 is 0. The summed E-state index contributed by atoms with van der Waals surface area (Å²) >= 11 is 0. The highest BCUT2D eigenvalue weighted by Gasteiger charge is 2.23. The van der Waals surface area contributed by atoms with Crippen LogP contribution in [0.4, 0.5) is 5.69 Å². The highest BCUT2D eigenvalue weighted by molar-refractivity contribution is 6.04. The van der Waals surface area contributed by atoms with E-state index < -0.39 is 5.54 Å². The van der Waals surface area contributed by atoms with Crippen LogP contribution in [0.2, 0.25) is 0 Å². The van der Waals surface area contributed by atoms with Gasteiger partial charge in [0.1, 0.15) is 0 Å². The predicted molar refractivity (Wildman–Crippen MR) is 95.7 cm³/mol. The molecule has 1 atom stereocenters. The summed E-state index contributed by atoms with van der Waals surface area (Å²) in [6.07, 6.45) is 0.